The number of amides is 5. The van der Waals surface area contributed by atoms with E-state index in [-0.39, 0.29) is 46.6 Å². The second-order valence-electron chi connectivity index (χ2n) is 13.1. The Balaban J connectivity index is 1.31. The van der Waals surface area contributed by atoms with Gasteiger partial charge in [-0.3, -0.25) is 24.1 Å². The predicted molar refractivity (Wildman–Crippen MR) is 205 cm³/mol. The van der Waals surface area contributed by atoms with Gasteiger partial charge >= 0.3 is 6.03 Å². The Morgan fingerprint density at radius 2 is 1.65 bits per heavy atom. The number of rotatable bonds is 17. The maximum atomic E-state index is 14.7. The monoisotopic (exact) mass is 751 g/mol. The number of urea groups is 1. The molecule has 0 radical (unpaired) electrons. The molecule has 2 unspecified atom stereocenters. The molecule has 6 rings (SSSR count). The van der Waals surface area contributed by atoms with Gasteiger partial charge in [-0.25, -0.2) is 9.69 Å². The van der Waals surface area contributed by atoms with Crippen LogP contribution in [0.4, 0.5) is 10.5 Å². The van der Waals surface area contributed by atoms with E-state index in [0.717, 1.165) is 31.1 Å². The summed E-state index contributed by atoms with van der Waals surface area (Å²) in [6.45, 7) is 4.39. The molecule has 5 amide bonds. The average molecular weight is 752 g/mol. The van der Waals surface area contributed by atoms with Gasteiger partial charge in [0.1, 0.15) is 0 Å². The van der Waals surface area contributed by atoms with Gasteiger partial charge in [-0.1, -0.05) is 116 Å². The second kappa shape index (κ2) is 17.5. The zero-order valence-electron chi connectivity index (χ0n) is 30.2. The zero-order chi connectivity index (χ0) is 38.2. The Labute approximate surface area is 317 Å². The molecule has 280 valence electrons. The number of Topliss-reactive ketones (excluding diaryl/α,β-unsaturated/α-hetero) is 1. The van der Waals surface area contributed by atoms with E-state index in [2.05, 4.69) is 22.7 Å². The fourth-order valence-corrected chi connectivity index (χ4v) is 6.83. The number of anilines is 1. The minimum absolute atomic E-state index is 0.0108. The SMILES string of the molecule is CCCCCCCCNC(=O)c1ccc(NC(=O)C(C(=O)c2noc3ccc4ccccc4c23)N2C(=O)C(OCC)N(Cc3ccccc3)C2=O)c(Cl)c1. The van der Waals surface area contributed by atoms with Crippen LogP contribution in [0.5, 0.6) is 0 Å². The van der Waals surface area contributed by atoms with E-state index in [9.17, 15) is 24.0 Å². The van der Waals surface area contributed by atoms with Crippen molar-refractivity contribution in [2.45, 2.75) is 71.2 Å². The van der Waals surface area contributed by atoms with Crippen molar-refractivity contribution in [3.8, 4) is 0 Å². The molecule has 2 atom stereocenters. The number of fused-ring (bicyclic) bond motifs is 3. The summed E-state index contributed by atoms with van der Waals surface area (Å²) in [5.41, 5.74) is 1.08. The van der Waals surface area contributed by atoms with Gasteiger partial charge in [0, 0.05) is 18.7 Å². The number of carbonyl (C=O) groups excluding carboxylic acids is 5. The van der Waals surface area contributed by atoms with Gasteiger partial charge in [-0.05, 0) is 53.9 Å². The first kappa shape index (κ1) is 38.1. The topological polar surface area (TPSA) is 151 Å². The first-order chi connectivity index (χ1) is 26.2. The van der Waals surface area contributed by atoms with Crippen LogP contribution < -0.4 is 10.6 Å². The molecule has 2 N–H and O–H groups in total. The molecule has 4 aromatic carbocycles. The Morgan fingerprint density at radius 1 is 0.907 bits per heavy atom. The normalized spacial score (nSPS) is 14.9. The van der Waals surface area contributed by atoms with E-state index in [1.807, 2.05) is 24.3 Å². The minimum atomic E-state index is -2.04. The van der Waals surface area contributed by atoms with Crippen molar-refractivity contribution >= 4 is 68.6 Å². The fourth-order valence-electron chi connectivity index (χ4n) is 6.60. The summed E-state index contributed by atoms with van der Waals surface area (Å²) in [5, 5.41) is 11.3. The highest BCUT2D eigenvalue weighted by Crippen LogP contribution is 2.32. The maximum absolute atomic E-state index is 14.7. The molecule has 0 aliphatic carbocycles. The largest absolute Gasteiger partial charge is 0.356 e. The number of ether oxygens (including phenoxy) is 1. The van der Waals surface area contributed by atoms with Crippen LogP contribution in [0.25, 0.3) is 21.7 Å². The molecule has 1 aromatic heterocycles. The number of ketones is 1. The van der Waals surface area contributed by atoms with Gasteiger partial charge in [0.05, 0.1) is 22.6 Å². The van der Waals surface area contributed by atoms with Crippen LogP contribution in [0.2, 0.25) is 5.02 Å². The summed E-state index contributed by atoms with van der Waals surface area (Å²) in [5.74, 6) is -3.21. The fraction of sp³-hybridized carbons (Fsp3) is 0.317. The molecule has 1 aliphatic heterocycles. The number of aromatic nitrogens is 1. The van der Waals surface area contributed by atoms with Gasteiger partial charge in [0.15, 0.2) is 17.3 Å². The first-order valence-electron chi connectivity index (χ1n) is 18.2. The number of unbranched alkanes of at least 4 members (excludes halogenated alkanes) is 5. The van der Waals surface area contributed by atoms with Crippen molar-refractivity contribution in [3.05, 3.63) is 107 Å². The number of carbonyl (C=O) groups is 5. The lowest BCUT2D eigenvalue weighted by Gasteiger charge is -2.24. The minimum Gasteiger partial charge on any atom is -0.356 e. The van der Waals surface area contributed by atoms with Crippen molar-refractivity contribution < 1.29 is 33.2 Å². The predicted octanol–water partition coefficient (Wildman–Crippen LogP) is 7.74. The summed E-state index contributed by atoms with van der Waals surface area (Å²) in [6, 6.07) is 21.1. The average Bonchev–Trinajstić information content (AvgIpc) is 3.71. The zero-order valence-corrected chi connectivity index (χ0v) is 30.9. The molecule has 13 heteroatoms. The number of nitrogens with one attached hydrogen (secondary N) is 2. The molecule has 0 saturated carbocycles. The first-order valence-corrected chi connectivity index (χ1v) is 18.6. The summed E-state index contributed by atoms with van der Waals surface area (Å²) in [7, 11) is 0. The molecule has 12 nitrogen and oxygen atoms in total. The van der Waals surface area contributed by atoms with Crippen LogP contribution in [0.3, 0.4) is 0 Å². The van der Waals surface area contributed by atoms with Gasteiger partial charge in [0.2, 0.25) is 12.0 Å². The molecule has 1 aliphatic rings. The van der Waals surface area contributed by atoms with E-state index in [4.69, 9.17) is 20.9 Å². The molecule has 5 aromatic rings. The quantitative estimate of drug-likeness (QED) is 0.0424. The molecule has 0 bridgehead atoms. The highest BCUT2D eigenvalue weighted by molar-refractivity contribution is 6.35. The molecule has 1 saturated heterocycles. The third-order valence-electron chi connectivity index (χ3n) is 9.36. The summed E-state index contributed by atoms with van der Waals surface area (Å²) in [4.78, 5) is 72.0. The number of halogens is 1. The second-order valence-corrected chi connectivity index (χ2v) is 13.5. The van der Waals surface area contributed by atoms with E-state index >= 15 is 0 Å². The van der Waals surface area contributed by atoms with Crippen LogP contribution in [-0.4, -0.2) is 69.9 Å². The molecular weight excluding hydrogens is 710 g/mol. The van der Waals surface area contributed by atoms with E-state index < -0.39 is 35.9 Å². The number of hydrogen-bond donors (Lipinski definition) is 2. The summed E-state index contributed by atoms with van der Waals surface area (Å²) >= 11 is 6.59. The van der Waals surface area contributed by atoms with Gasteiger partial charge in [-0.15, -0.1) is 0 Å². The lowest BCUT2D eigenvalue weighted by atomic mass is 9.99. The van der Waals surface area contributed by atoms with Crippen LogP contribution in [-0.2, 0) is 20.9 Å². The summed E-state index contributed by atoms with van der Waals surface area (Å²) < 4.78 is 11.3. The lowest BCUT2D eigenvalue weighted by Crippen LogP contribution is -2.52. The summed E-state index contributed by atoms with van der Waals surface area (Å²) in [6.07, 6.45) is 5.11. The Morgan fingerprint density at radius 3 is 2.41 bits per heavy atom. The van der Waals surface area contributed by atoms with Gasteiger partial charge in [-0.2, -0.15) is 0 Å². The van der Waals surface area contributed by atoms with Gasteiger partial charge in [0.25, 0.3) is 17.7 Å². The van der Waals surface area contributed by atoms with Crippen molar-refractivity contribution in [3.63, 3.8) is 0 Å². The Bertz CT molecular complexity index is 2170. The standard InChI is InChI=1S/C41H42ClN5O7/c1-3-5-6-7-8-14-23-43-37(49)28-19-21-31(30(42)24-28)44-38(50)35(36(48)34-33-29-18-13-12-17-27(29)20-22-32(33)54-45-34)47-39(51)40(53-4-2)46(41(47)52)25-26-15-10-9-11-16-26/h9-13,15-22,24,35,40H,3-8,14,23,25H2,1-2H3,(H,43,49)(H,44,50). The Hall–Kier alpha value is -5.59. The van der Waals surface area contributed by atoms with Crippen molar-refractivity contribution in [1.82, 2.24) is 20.3 Å². The number of hydrogen-bond acceptors (Lipinski definition) is 8. The number of benzene rings is 4. The van der Waals surface area contributed by atoms with E-state index in [0.29, 0.717) is 27.8 Å². The van der Waals surface area contributed by atoms with Crippen molar-refractivity contribution in [2.75, 3.05) is 18.5 Å². The van der Waals surface area contributed by atoms with Gasteiger partial charge < -0.3 is 19.9 Å². The van der Waals surface area contributed by atoms with Crippen molar-refractivity contribution in [1.29, 1.82) is 0 Å². The third kappa shape index (κ3) is 8.14. The highest BCUT2D eigenvalue weighted by atomic mass is 35.5. The Kier molecular flexibility index (Phi) is 12.4. The van der Waals surface area contributed by atoms with Crippen LogP contribution in [0.15, 0.2) is 89.5 Å². The van der Waals surface area contributed by atoms with Crippen LogP contribution in [0, 0.1) is 0 Å². The highest BCUT2D eigenvalue weighted by Gasteiger charge is 2.53. The van der Waals surface area contributed by atoms with Crippen LogP contribution in [0.1, 0.15) is 78.8 Å². The lowest BCUT2D eigenvalue weighted by molar-refractivity contribution is -0.144. The van der Waals surface area contributed by atoms with E-state index in [1.165, 1.54) is 35.9 Å². The maximum Gasteiger partial charge on any atom is 0.330 e. The molecule has 0 spiro atoms. The molecule has 54 heavy (non-hydrogen) atoms. The van der Waals surface area contributed by atoms with Crippen LogP contribution >= 0.6 is 11.6 Å². The smallest absolute Gasteiger partial charge is 0.330 e. The number of imide groups is 1. The third-order valence-corrected chi connectivity index (χ3v) is 9.67. The molecule has 2 heterocycles. The number of nitrogens with zero attached hydrogens (tertiary/aromatic N) is 3. The molecule has 1 fully saturated rings. The molecular formula is C41H42ClN5O7. The van der Waals surface area contributed by atoms with Crippen molar-refractivity contribution in [2.24, 2.45) is 0 Å². The van der Waals surface area contributed by atoms with E-state index in [1.54, 1.807) is 49.4 Å².